The third-order valence-corrected chi connectivity index (χ3v) is 4.15. The van der Waals surface area contributed by atoms with Gasteiger partial charge in [-0.3, -0.25) is 4.90 Å². The second-order valence-electron chi connectivity index (χ2n) is 6.21. The summed E-state index contributed by atoms with van der Waals surface area (Å²) in [5.41, 5.74) is 1.11. The Bertz CT molecular complexity index is 413. The minimum Gasteiger partial charge on any atom is -0.377 e. The van der Waals surface area contributed by atoms with Crippen LogP contribution in [0.5, 0.6) is 0 Å². The van der Waals surface area contributed by atoms with Gasteiger partial charge in [-0.1, -0.05) is 13.8 Å². The number of ether oxygens (including phenoxy) is 1. The third-order valence-electron chi connectivity index (χ3n) is 4.15. The average molecular weight is 292 g/mol. The van der Waals surface area contributed by atoms with E-state index in [1.807, 2.05) is 19.3 Å². The number of anilines is 1. The lowest BCUT2D eigenvalue weighted by molar-refractivity contribution is 0.0215. The summed E-state index contributed by atoms with van der Waals surface area (Å²) >= 11 is 0. The Kier molecular flexibility index (Phi) is 5.94. The highest BCUT2D eigenvalue weighted by atomic mass is 16.5. The van der Waals surface area contributed by atoms with Crippen molar-refractivity contribution in [1.82, 2.24) is 14.9 Å². The fourth-order valence-corrected chi connectivity index (χ4v) is 2.28. The average Bonchev–Trinajstić information content (AvgIpc) is 2.48. The third kappa shape index (κ3) is 4.93. The number of hydrogen-bond donors (Lipinski definition) is 0. The summed E-state index contributed by atoms with van der Waals surface area (Å²) in [6, 6.07) is 0. The van der Waals surface area contributed by atoms with Gasteiger partial charge in [0.1, 0.15) is 0 Å². The lowest BCUT2D eigenvalue weighted by Gasteiger charge is -2.34. The highest BCUT2D eigenvalue weighted by molar-refractivity contribution is 5.30. The molecule has 0 unspecified atom stereocenters. The van der Waals surface area contributed by atoms with Crippen molar-refractivity contribution in [3.05, 3.63) is 18.0 Å². The van der Waals surface area contributed by atoms with E-state index in [4.69, 9.17) is 4.74 Å². The first-order valence-corrected chi connectivity index (χ1v) is 7.94. The van der Waals surface area contributed by atoms with Crippen molar-refractivity contribution < 1.29 is 4.74 Å². The van der Waals surface area contributed by atoms with E-state index in [-0.39, 0.29) is 0 Å². The number of hydrogen-bond acceptors (Lipinski definition) is 5. The molecule has 21 heavy (non-hydrogen) atoms. The molecule has 118 valence electrons. The smallest absolute Gasteiger partial charge is 0.225 e. The molecule has 1 aromatic rings. The molecule has 5 heteroatoms. The summed E-state index contributed by atoms with van der Waals surface area (Å²) in [6.45, 7) is 14.5. The molecule has 0 saturated carbocycles. The highest BCUT2D eigenvalue weighted by Crippen LogP contribution is 2.11. The SMILES string of the molecule is Cc1cnc(N2CCN(CCO[C@@H](C)C(C)C)CC2)nc1. The van der Waals surface area contributed by atoms with Crippen molar-refractivity contribution in [3.63, 3.8) is 0 Å². The lowest BCUT2D eigenvalue weighted by atomic mass is 10.1. The summed E-state index contributed by atoms with van der Waals surface area (Å²) in [7, 11) is 0. The maximum absolute atomic E-state index is 5.85. The maximum Gasteiger partial charge on any atom is 0.225 e. The predicted molar refractivity (Wildman–Crippen MR) is 85.7 cm³/mol. The van der Waals surface area contributed by atoms with Crippen LogP contribution >= 0.6 is 0 Å². The molecule has 0 radical (unpaired) electrons. The van der Waals surface area contributed by atoms with Gasteiger partial charge in [0.2, 0.25) is 5.95 Å². The Morgan fingerprint density at radius 3 is 2.29 bits per heavy atom. The molecule has 0 N–H and O–H groups in total. The normalized spacial score (nSPS) is 18.2. The zero-order valence-corrected chi connectivity index (χ0v) is 13.7. The van der Waals surface area contributed by atoms with Gasteiger partial charge in [-0.25, -0.2) is 9.97 Å². The molecule has 0 bridgehead atoms. The van der Waals surface area contributed by atoms with E-state index >= 15 is 0 Å². The molecule has 0 aliphatic carbocycles. The number of aromatic nitrogens is 2. The zero-order chi connectivity index (χ0) is 15.2. The van der Waals surface area contributed by atoms with Gasteiger partial charge in [-0.05, 0) is 25.3 Å². The molecular weight excluding hydrogens is 264 g/mol. The topological polar surface area (TPSA) is 41.5 Å². The number of rotatable bonds is 6. The molecule has 1 aromatic heterocycles. The van der Waals surface area contributed by atoms with Crippen molar-refractivity contribution >= 4 is 5.95 Å². The molecule has 1 fully saturated rings. The van der Waals surface area contributed by atoms with Crippen molar-refractivity contribution in [1.29, 1.82) is 0 Å². The highest BCUT2D eigenvalue weighted by Gasteiger charge is 2.18. The van der Waals surface area contributed by atoms with E-state index in [2.05, 4.69) is 40.5 Å². The first-order chi connectivity index (χ1) is 10.1. The Labute approximate surface area is 128 Å². The summed E-state index contributed by atoms with van der Waals surface area (Å²) < 4.78 is 5.85. The molecule has 2 rings (SSSR count). The zero-order valence-electron chi connectivity index (χ0n) is 13.7. The summed E-state index contributed by atoms with van der Waals surface area (Å²) in [4.78, 5) is 13.5. The number of nitrogens with zero attached hydrogens (tertiary/aromatic N) is 4. The van der Waals surface area contributed by atoms with Crippen molar-refractivity contribution in [2.45, 2.75) is 33.8 Å². The van der Waals surface area contributed by atoms with Crippen LogP contribution in [0.3, 0.4) is 0 Å². The van der Waals surface area contributed by atoms with Gasteiger partial charge in [-0.2, -0.15) is 0 Å². The summed E-state index contributed by atoms with van der Waals surface area (Å²) in [6.07, 6.45) is 4.11. The molecule has 0 aromatic carbocycles. The monoisotopic (exact) mass is 292 g/mol. The lowest BCUT2D eigenvalue weighted by Crippen LogP contribution is -2.48. The molecule has 1 aliphatic rings. The molecular formula is C16H28N4O. The van der Waals surface area contributed by atoms with Crippen LogP contribution in [0.15, 0.2) is 12.4 Å². The molecule has 1 saturated heterocycles. The van der Waals surface area contributed by atoms with Crippen LogP contribution in [0.1, 0.15) is 26.3 Å². The molecule has 0 amide bonds. The molecule has 0 spiro atoms. The van der Waals surface area contributed by atoms with E-state index in [1.54, 1.807) is 0 Å². The fourth-order valence-electron chi connectivity index (χ4n) is 2.28. The minimum absolute atomic E-state index is 0.340. The summed E-state index contributed by atoms with van der Waals surface area (Å²) in [5, 5.41) is 0. The molecule has 5 nitrogen and oxygen atoms in total. The van der Waals surface area contributed by atoms with Gasteiger partial charge in [0.05, 0.1) is 12.7 Å². The maximum atomic E-state index is 5.85. The Morgan fingerprint density at radius 1 is 1.10 bits per heavy atom. The van der Waals surface area contributed by atoms with E-state index in [0.29, 0.717) is 12.0 Å². The molecule has 1 atom stereocenters. The predicted octanol–water partition coefficient (Wildman–Crippen LogP) is 1.97. The number of piperazine rings is 1. The van der Waals surface area contributed by atoms with Crippen LogP contribution in [-0.2, 0) is 4.74 Å². The first kappa shape index (κ1) is 16.2. The molecule has 2 heterocycles. The second-order valence-corrected chi connectivity index (χ2v) is 6.21. The van der Waals surface area contributed by atoms with E-state index in [9.17, 15) is 0 Å². The quantitative estimate of drug-likeness (QED) is 0.802. The fraction of sp³-hybridized carbons (Fsp3) is 0.750. The number of aryl methyl sites for hydroxylation is 1. The van der Waals surface area contributed by atoms with Crippen LogP contribution in [0.25, 0.3) is 0 Å². The van der Waals surface area contributed by atoms with Crippen molar-refractivity contribution in [2.24, 2.45) is 5.92 Å². The summed E-state index contributed by atoms with van der Waals surface area (Å²) in [5.74, 6) is 1.44. The van der Waals surface area contributed by atoms with Gasteiger partial charge >= 0.3 is 0 Å². The van der Waals surface area contributed by atoms with Crippen LogP contribution < -0.4 is 4.90 Å². The van der Waals surface area contributed by atoms with Crippen LogP contribution in [0, 0.1) is 12.8 Å². The van der Waals surface area contributed by atoms with Crippen LogP contribution in [-0.4, -0.2) is 60.3 Å². The van der Waals surface area contributed by atoms with Gasteiger partial charge in [-0.15, -0.1) is 0 Å². The standard InChI is InChI=1S/C16H28N4O/c1-13(2)15(4)21-10-9-19-5-7-20(8-6-19)16-17-11-14(3)12-18-16/h11-13,15H,5-10H2,1-4H3/t15-/m0/s1. The minimum atomic E-state index is 0.340. The van der Waals surface area contributed by atoms with Crippen LogP contribution in [0.2, 0.25) is 0 Å². The van der Waals surface area contributed by atoms with Crippen LogP contribution in [0.4, 0.5) is 5.95 Å². The van der Waals surface area contributed by atoms with Gasteiger partial charge < -0.3 is 9.64 Å². The van der Waals surface area contributed by atoms with Crippen molar-refractivity contribution in [2.75, 3.05) is 44.2 Å². The second kappa shape index (κ2) is 7.71. The van der Waals surface area contributed by atoms with E-state index in [1.165, 1.54) is 0 Å². The van der Waals surface area contributed by atoms with Crippen molar-refractivity contribution in [3.8, 4) is 0 Å². The Balaban J connectivity index is 1.70. The van der Waals surface area contributed by atoms with Gasteiger partial charge in [0.15, 0.2) is 0 Å². The van der Waals surface area contributed by atoms with Gasteiger partial charge in [0.25, 0.3) is 0 Å². The molecule has 1 aliphatic heterocycles. The van der Waals surface area contributed by atoms with E-state index in [0.717, 1.165) is 50.8 Å². The first-order valence-electron chi connectivity index (χ1n) is 7.94. The Morgan fingerprint density at radius 2 is 1.71 bits per heavy atom. The Hall–Kier alpha value is -1.20. The largest absolute Gasteiger partial charge is 0.377 e. The van der Waals surface area contributed by atoms with E-state index < -0.39 is 0 Å². The van der Waals surface area contributed by atoms with Gasteiger partial charge in [0, 0.05) is 45.1 Å².